The zero-order valence-corrected chi connectivity index (χ0v) is 17.5. The maximum atomic E-state index is 13.5. The quantitative estimate of drug-likeness (QED) is 0.747. The van der Waals surface area contributed by atoms with Gasteiger partial charge in [0.05, 0.1) is 11.7 Å². The fourth-order valence-corrected chi connectivity index (χ4v) is 6.30. The molecule has 28 heavy (non-hydrogen) atoms. The zero-order chi connectivity index (χ0) is 19.5. The van der Waals surface area contributed by atoms with Crippen LogP contribution in [0.2, 0.25) is 0 Å². The number of aromatic nitrogens is 2. The molecule has 0 bridgehead atoms. The number of H-pyrrole nitrogens is 2. The van der Waals surface area contributed by atoms with Crippen LogP contribution < -0.4 is 15.6 Å². The van der Waals surface area contributed by atoms with Crippen LogP contribution in [0.5, 0.6) is 0 Å². The molecule has 1 fully saturated rings. The molecule has 8 nitrogen and oxygen atoms in total. The third kappa shape index (κ3) is 3.07. The Morgan fingerprint density at radius 1 is 1.14 bits per heavy atom. The van der Waals surface area contributed by atoms with Gasteiger partial charge in [-0.2, -0.15) is 0 Å². The number of nitrogens with one attached hydrogen (secondary N) is 2. The minimum atomic E-state index is -4.13. The highest BCUT2D eigenvalue weighted by Crippen LogP contribution is 2.47. The molecular weight excluding hydrogens is 404 g/mol. The van der Waals surface area contributed by atoms with Crippen molar-refractivity contribution in [3.05, 3.63) is 55.9 Å². The van der Waals surface area contributed by atoms with Crippen LogP contribution in [-0.2, 0) is 10.0 Å². The molecule has 10 heteroatoms. The number of fused-ring (bicyclic) bond motifs is 3. The third-order valence-electron chi connectivity index (χ3n) is 5.49. The molecule has 2 aliphatic heterocycles. The van der Waals surface area contributed by atoms with Crippen LogP contribution in [0.25, 0.3) is 0 Å². The topological polar surface area (TPSA) is 106 Å². The van der Waals surface area contributed by atoms with Gasteiger partial charge in [0.15, 0.2) is 4.90 Å². The number of aromatic amines is 2. The lowest BCUT2D eigenvalue weighted by atomic mass is 9.89. The smallest absolute Gasteiger partial charge is 0.310 e. The lowest BCUT2D eigenvalue weighted by Crippen LogP contribution is -2.48. The maximum Gasteiger partial charge on any atom is 0.325 e. The Kier molecular flexibility index (Phi) is 5.20. The molecule has 152 valence electrons. The van der Waals surface area contributed by atoms with Crippen molar-refractivity contribution in [2.45, 2.75) is 37.1 Å². The van der Waals surface area contributed by atoms with Crippen LogP contribution in [0.1, 0.15) is 29.2 Å². The second-order valence-corrected chi connectivity index (χ2v) is 9.20. The predicted octanol–water partition coefficient (Wildman–Crippen LogP) is 1.10. The van der Waals surface area contributed by atoms with E-state index in [1.165, 1.54) is 11.2 Å². The van der Waals surface area contributed by atoms with Crippen molar-refractivity contribution in [3.63, 3.8) is 0 Å². The molecule has 2 N–H and O–H groups in total. The van der Waals surface area contributed by atoms with Gasteiger partial charge >= 0.3 is 5.69 Å². The molecule has 3 heterocycles. The number of benzene rings is 1. The number of aryl methyl sites for hydroxylation is 2. The molecule has 0 aliphatic carbocycles. The summed E-state index contributed by atoms with van der Waals surface area (Å²) in [6.07, 6.45) is 0.675. The van der Waals surface area contributed by atoms with Crippen LogP contribution in [0.15, 0.2) is 32.7 Å². The van der Waals surface area contributed by atoms with Crippen LogP contribution in [0, 0.1) is 13.8 Å². The largest absolute Gasteiger partial charge is 0.325 e. The molecule has 2 atom stereocenters. The maximum absolute atomic E-state index is 13.5. The van der Waals surface area contributed by atoms with Crippen LogP contribution in [0.4, 0.5) is 5.69 Å². The summed E-state index contributed by atoms with van der Waals surface area (Å²) < 4.78 is 28.5. The van der Waals surface area contributed by atoms with E-state index in [4.69, 9.17) is 0 Å². The van der Waals surface area contributed by atoms with E-state index in [0.717, 1.165) is 24.2 Å². The Morgan fingerprint density at radius 3 is 2.54 bits per heavy atom. The van der Waals surface area contributed by atoms with Crippen LogP contribution in [0.3, 0.4) is 0 Å². The van der Waals surface area contributed by atoms with Crippen LogP contribution in [-0.4, -0.2) is 49.5 Å². The third-order valence-corrected chi connectivity index (χ3v) is 7.49. The Hall–Kier alpha value is -2.10. The molecule has 0 amide bonds. The van der Waals surface area contributed by atoms with Gasteiger partial charge in [-0.15, -0.1) is 12.4 Å². The van der Waals surface area contributed by atoms with Gasteiger partial charge in [-0.05, 0) is 45.5 Å². The van der Waals surface area contributed by atoms with Gasteiger partial charge in [-0.25, -0.2) is 13.2 Å². The Morgan fingerprint density at radius 2 is 1.86 bits per heavy atom. The summed E-state index contributed by atoms with van der Waals surface area (Å²) in [4.78, 5) is 30.1. The highest BCUT2D eigenvalue weighted by Gasteiger charge is 2.47. The summed E-state index contributed by atoms with van der Waals surface area (Å²) >= 11 is 0. The molecule has 1 aromatic carbocycles. The molecule has 0 radical (unpaired) electrons. The lowest BCUT2D eigenvalue weighted by molar-refractivity contribution is 0.237. The average Bonchev–Trinajstić information content (AvgIpc) is 2.87. The highest BCUT2D eigenvalue weighted by atomic mass is 35.5. The van der Waals surface area contributed by atoms with Crippen molar-refractivity contribution >= 4 is 28.1 Å². The molecule has 0 spiro atoms. The van der Waals surface area contributed by atoms with Crippen molar-refractivity contribution < 1.29 is 8.42 Å². The Balaban J connectivity index is 0.00000225. The number of sulfonamides is 1. The van der Waals surface area contributed by atoms with E-state index in [9.17, 15) is 18.0 Å². The van der Waals surface area contributed by atoms with E-state index in [1.54, 1.807) is 0 Å². The molecule has 1 saturated heterocycles. The SMILES string of the molecule is Cc1ccc2c(c1)C1CN(C)CCC1N2S(=O)(=O)c1c(C)[nH]c(=O)[nH]c1=O.Cl. The first-order valence-electron chi connectivity index (χ1n) is 8.87. The van der Waals surface area contributed by atoms with Gasteiger partial charge in [0.1, 0.15) is 0 Å². The van der Waals surface area contributed by atoms with E-state index in [0.29, 0.717) is 12.1 Å². The summed E-state index contributed by atoms with van der Waals surface area (Å²) in [5.41, 5.74) is 1.13. The van der Waals surface area contributed by atoms with Crippen LogP contribution >= 0.6 is 12.4 Å². The number of piperidine rings is 1. The molecule has 2 unspecified atom stereocenters. The van der Waals surface area contributed by atoms with Gasteiger partial charge in [0, 0.05) is 18.2 Å². The van der Waals surface area contributed by atoms with E-state index in [1.807, 2.05) is 37.2 Å². The molecule has 4 rings (SSSR count). The van der Waals surface area contributed by atoms with Gasteiger partial charge in [0.25, 0.3) is 15.6 Å². The fourth-order valence-electron chi connectivity index (χ4n) is 4.34. The van der Waals surface area contributed by atoms with Crippen molar-refractivity contribution in [3.8, 4) is 0 Å². The van der Waals surface area contributed by atoms with E-state index < -0.39 is 26.2 Å². The Labute approximate surface area is 169 Å². The number of hydrogen-bond acceptors (Lipinski definition) is 5. The minimum absolute atomic E-state index is 0. The normalized spacial score (nSPS) is 21.8. The lowest BCUT2D eigenvalue weighted by Gasteiger charge is -2.36. The molecule has 1 aromatic heterocycles. The number of anilines is 1. The number of nitrogens with zero attached hydrogens (tertiary/aromatic N) is 2. The van der Waals surface area contributed by atoms with Gasteiger partial charge in [0.2, 0.25) is 0 Å². The summed E-state index contributed by atoms with van der Waals surface area (Å²) in [7, 11) is -2.10. The van der Waals surface area contributed by atoms with Gasteiger partial charge in [-0.1, -0.05) is 17.7 Å². The van der Waals surface area contributed by atoms with Crippen molar-refractivity contribution in [2.75, 3.05) is 24.4 Å². The second-order valence-electron chi connectivity index (χ2n) is 7.45. The van der Waals surface area contributed by atoms with Crippen molar-refractivity contribution in [2.24, 2.45) is 0 Å². The molecule has 0 saturated carbocycles. The van der Waals surface area contributed by atoms with E-state index >= 15 is 0 Å². The molecule has 2 aliphatic rings. The number of hydrogen-bond donors (Lipinski definition) is 2. The first-order chi connectivity index (χ1) is 12.7. The average molecular weight is 427 g/mol. The zero-order valence-electron chi connectivity index (χ0n) is 15.9. The fraction of sp³-hybridized carbons (Fsp3) is 0.444. The van der Waals surface area contributed by atoms with Gasteiger partial charge < -0.3 is 9.88 Å². The number of likely N-dealkylation sites (tertiary alicyclic amines) is 1. The van der Waals surface area contributed by atoms with E-state index in [2.05, 4.69) is 9.88 Å². The predicted molar refractivity (Wildman–Crippen MR) is 109 cm³/mol. The summed E-state index contributed by atoms with van der Waals surface area (Å²) in [5.74, 6) is 0.0515. The molecule has 2 aromatic rings. The molecular formula is C18H23ClN4O4S. The Bertz CT molecular complexity index is 1140. The number of halogens is 1. The van der Waals surface area contributed by atoms with Gasteiger partial charge in [-0.3, -0.25) is 14.1 Å². The van der Waals surface area contributed by atoms with Crippen molar-refractivity contribution in [1.29, 1.82) is 0 Å². The number of rotatable bonds is 2. The first-order valence-corrected chi connectivity index (χ1v) is 10.3. The summed E-state index contributed by atoms with van der Waals surface area (Å²) in [6.45, 7) is 4.95. The van der Waals surface area contributed by atoms with E-state index in [-0.39, 0.29) is 30.1 Å². The summed E-state index contributed by atoms with van der Waals surface area (Å²) in [5, 5.41) is 0. The first kappa shape index (κ1) is 20.6. The minimum Gasteiger partial charge on any atom is -0.310 e. The number of likely N-dealkylation sites (N-methyl/N-ethyl adjacent to an activating group) is 1. The highest BCUT2D eigenvalue weighted by molar-refractivity contribution is 7.93. The summed E-state index contributed by atoms with van der Waals surface area (Å²) in [6, 6.07) is 5.49. The monoisotopic (exact) mass is 426 g/mol. The van der Waals surface area contributed by atoms with Crippen molar-refractivity contribution in [1.82, 2.24) is 14.9 Å². The second kappa shape index (κ2) is 7.06. The standard InChI is InChI=1S/C18H22N4O4S.ClH/c1-10-4-5-14-12(8-10)13-9-21(3)7-6-15(13)22(14)27(25,26)16-11(2)19-18(24)20-17(16)23;/h4-5,8,13,15H,6-7,9H2,1-3H3,(H2,19,20,23,24);1H.